The highest BCUT2D eigenvalue weighted by atomic mass is 79.9. The van der Waals surface area contributed by atoms with Crippen molar-refractivity contribution in [3.63, 3.8) is 0 Å². The van der Waals surface area contributed by atoms with Crippen molar-refractivity contribution in [2.75, 3.05) is 0 Å². The van der Waals surface area contributed by atoms with Crippen LogP contribution in [0.15, 0.2) is 27.6 Å². The van der Waals surface area contributed by atoms with Crippen LogP contribution in [0.5, 0.6) is 0 Å². The number of hydrogen-bond acceptors (Lipinski definition) is 2. The molecule has 2 aliphatic rings. The first-order valence-corrected chi connectivity index (χ1v) is 6.96. The summed E-state index contributed by atoms with van der Waals surface area (Å²) in [5.74, 6) is 0. The van der Waals surface area contributed by atoms with E-state index in [9.17, 15) is 5.11 Å². The van der Waals surface area contributed by atoms with E-state index in [2.05, 4.69) is 34.1 Å². The highest BCUT2D eigenvalue weighted by molar-refractivity contribution is 9.10. The lowest BCUT2D eigenvalue weighted by Crippen LogP contribution is -2.37. The van der Waals surface area contributed by atoms with Crippen molar-refractivity contribution in [3.8, 4) is 0 Å². The molecule has 1 heterocycles. The van der Waals surface area contributed by atoms with Crippen LogP contribution in [0.25, 0.3) is 0 Å². The average molecular weight is 285 g/mol. The van der Waals surface area contributed by atoms with Gasteiger partial charge >= 0.3 is 0 Å². The van der Waals surface area contributed by atoms with E-state index in [1.807, 2.05) is 11.8 Å². The fraction of sp³-hybridized carbons (Fsp3) is 0.500. The SMILES string of the molecule is OC1CC2(CCC2)Sc2ccc(Br)cc21. The van der Waals surface area contributed by atoms with Crippen LogP contribution in [0, 0.1) is 0 Å². The molecule has 3 rings (SSSR count). The molecule has 1 aromatic carbocycles. The Balaban J connectivity index is 2.01. The number of aliphatic hydroxyl groups excluding tert-OH is 1. The zero-order valence-electron chi connectivity index (χ0n) is 8.37. The van der Waals surface area contributed by atoms with Gasteiger partial charge in [0.2, 0.25) is 0 Å². The quantitative estimate of drug-likeness (QED) is 0.780. The third-order valence-corrected chi connectivity index (χ3v) is 5.58. The van der Waals surface area contributed by atoms with E-state index in [4.69, 9.17) is 0 Å². The molecule has 1 fully saturated rings. The number of halogens is 1. The van der Waals surface area contributed by atoms with Crippen LogP contribution in [0.2, 0.25) is 0 Å². The van der Waals surface area contributed by atoms with Gasteiger partial charge in [0, 0.05) is 14.1 Å². The standard InChI is InChI=1S/C12H13BrOS/c13-8-2-3-11-9(6-8)10(14)7-12(15-11)4-1-5-12/h2-3,6,10,14H,1,4-5,7H2. The zero-order valence-corrected chi connectivity index (χ0v) is 10.8. The van der Waals surface area contributed by atoms with Crippen molar-refractivity contribution >= 4 is 27.7 Å². The van der Waals surface area contributed by atoms with Crippen molar-refractivity contribution in [2.45, 2.75) is 41.4 Å². The normalized spacial score (nSPS) is 27.2. The van der Waals surface area contributed by atoms with E-state index in [0.29, 0.717) is 4.75 Å². The van der Waals surface area contributed by atoms with Crippen LogP contribution in [-0.2, 0) is 0 Å². The summed E-state index contributed by atoms with van der Waals surface area (Å²) in [7, 11) is 0. The van der Waals surface area contributed by atoms with Gasteiger partial charge in [-0.05, 0) is 43.0 Å². The number of aliphatic hydroxyl groups is 1. The highest BCUT2D eigenvalue weighted by Gasteiger charge is 2.43. The molecule has 1 atom stereocenters. The van der Waals surface area contributed by atoms with Gasteiger partial charge in [-0.3, -0.25) is 0 Å². The molecule has 0 aromatic heterocycles. The number of benzene rings is 1. The van der Waals surface area contributed by atoms with Crippen LogP contribution < -0.4 is 0 Å². The molecule has 0 radical (unpaired) electrons. The molecule has 3 heteroatoms. The number of rotatable bonds is 0. The maximum Gasteiger partial charge on any atom is 0.0814 e. The first kappa shape index (κ1) is 10.2. The van der Waals surface area contributed by atoms with Crippen LogP contribution >= 0.6 is 27.7 Å². The Morgan fingerprint density at radius 1 is 1.40 bits per heavy atom. The molecule has 80 valence electrons. The van der Waals surface area contributed by atoms with Gasteiger partial charge in [0.25, 0.3) is 0 Å². The van der Waals surface area contributed by atoms with E-state index in [1.165, 1.54) is 24.2 Å². The summed E-state index contributed by atoms with van der Waals surface area (Å²) in [5, 5.41) is 10.2. The molecule has 1 aliphatic heterocycles. The molecule has 1 saturated carbocycles. The van der Waals surface area contributed by atoms with Gasteiger partial charge in [0.05, 0.1) is 6.10 Å². The smallest absolute Gasteiger partial charge is 0.0814 e. The molecule has 1 unspecified atom stereocenters. The van der Waals surface area contributed by atoms with Gasteiger partial charge in [-0.25, -0.2) is 0 Å². The molecule has 1 N–H and O–H groups in total. The van der Waals surface area contributed by atoms with E-state index < -0.39 is 0 Å². The van der Waals surface area contributed by atoms with Crippen LogP contribution in [-0.4, -0.2) is 9.85 Å². The Kier molecular flexibility index (Phi) is 2.38. The second-order valence-corrected chi connectivity index (χ2v) is 6.97. The molecule has 1 nitrogen and oxygen atoms in total. The summed E-state index contributed by atoms with van der Waals surface area (Å²) in [4.78, 5) is 1.27. The van der Waals surface area contributed by atoms with Gasteiger partial charge in [-0.2, -0.15) is 0 Å². The summed E-state index contributed by atoms with van der Waals surface area (Å²) in [6.45, 7) is 0. The Morgan fingerprint density at radius 2 is 2.20 bits per heavy atom. The maximum absolute atomic E-state index is 10.2. The molecule has 1 aromatic rings. The Morgan fingerprint density at radius 3 is 2.87 bits per heavy atom. The molecule has 1 aliphatic carbocycles. The summed E-state index contributed by atoms with van der Waals surface area (Å²) in [6, 6.07) is 6.25. The monoisotopic (exact) mass is 284 g/mol. The third kappa shape index (κ3) is 1.65. The summed E-state index contributed by atoms with van der Waals surface area (Å²) < 4.78 is 1.42. The largest absolute Gasteiger partial charge is 0.388 e. The van der Waals surface area contributed by atoms with Gasteiger partial charge in [-0.1, -0.05) is 22.4 Å². The molecule has 0 saturated heterocycles. The Hall–Kier alpha value is 0.01000. The molecule has 1 spiro atoms. The molecule has 0 amide bonds. The predicted molar refractivity (Wildman–Crippen MR) is 66.2 cm³/mol. The Bertz CT molecular complexity index is 401. The lowest BCUT2D eigenvalue weighted by molar-refractivity contribution is 0.125. The minimum absolute atomic E-state index is 0.265. The third-order valence-electron chi connectivity index (χ3n) is 3.49. The van der Waals surface area contributed by atoms with Crippen LogP contribution in [0.1, 0.15) is 37.4 Å². The number of hydrogen-bond donors (Lipinski definition) is 1. The van der Waals surface area contributed by atoms with Crippen LogP contribution in [0.4, 0.5) is 0 Å². The second-order valence-electron chi connectivity index (χ2n) is 4.54. The zero-order chi connectivity index (χ0) is 10.5. The Labute approximate surface area is 102 Å². The minimum Gasteiger partial charge on any atom is -0.388 e. The van der Waals surface area contributed by atoms with Gasteiger partial charge in [0.15, 0.2) is 0 Å². The van der Waals surface area contributed by atoms with Crippen molar-refractivity contribution in [3.05, 3.63) is 28.2 Å². The molecular weight excluding hydrogens is 272 g/mol. The first-order chi connectivity index (χ1) is 7.19. The maximum atomic E-state index is 10.2. The van der Waals surface area contributed by atoms with Crippen molar-refractivity contribution in [2.24, 2.45) is 0 Å². The molecule has 0 bridgehead atoms. The molecular formula is C12H13BrOS. The van der Waals surface area contributed by atoms with Gasteiger partial charge in [0.1, 0.15) is 0 Å². The summed E-state index contributed by atoms with van der Waals surface area (Å²) >= 11 is 5.43. The van der Waals surface area contributed by atoms with E-state index >= 15 is 0 Å². The fourth-order valence-electron chi connectivity index (χ4n) is 2.49. The van der Waals surface area contributed by atoms with Crippen molar-refractivity contribution < 1.29 is 5.11 Å². The fourth-order valence-corrected chi connectivity index (χ4v) is 4.52. The topological polar surface area (TPSA) is 20.2 Å². The lowest BCUT2D eigenvalue weighted by atomic mass is 9.79. The number of thioether (sulfide) groups is 1. The van der Waals surface area contributed by atoms with E-state index in [-0.39, 0.29) is 6.10 Å². The predicted octanol–water partition coefficient (Wildman–Crippen LogP) is 3.90. The lowest BCUT2D eigenvalue weighted by Gasteiger charge is -2.46. The first-order valence-electron chi connectivity index (χ1n) is 5.35. The summed E-state index contributed by atoms with van der Waals surface area (Å²) in [6.07, 6.45) is 4.53. The van der Waals surface area contributed by atoms with Gasteiger partial charge < -0.3 is 5.11 Å². The van der Waals surface area contributed by atoms with E-state index in [0.717, 1.165) is 16.5 Å². The minimum atomic E-state index is -0.265. The average Bonchev–Trinajstić information content (AvgIpc) is 2.16. The van der Waals surface area contributed by atoms with Crippen molar-refractivity contribution in [1.29, 1.82) is 0 Å². The second kappa shape index (κ2) is 3.51. The number of fused-ring (bicyclic) bond motifs is 1. The highest BCUT2D eigenvalue weighted by Crippen LogP contribution is 2.57. The van der Waals surface area contributed by atoms with Gasteiger partial charge in [-0.15, -0.1) is 11.8 Å². The summed E-state index contributed by atoms with van der Waals surface area (Å²) in [5.41, 5.74) is 1.10. The van der Waals surface area contributed by atoms with E-state index in [1.54, 1.807) is 0 Å². The van der Waals surface area contributed by atoms with Crippen LogP contribution in [0.3, 0.4) is 0 Å². The molecule has 15 heavy (non-hydrogen) atoms. The van der Waals surface area contributed by atoms with Crippen molar-refractivity contribution in [1.82, 2.24) is 0 Å².